The molecule has 0 unspecified atom stereocenters. The van der Waals surface area contributed by atoms with E-state index in [2.05, 4.69) is 18.5 Å². The van der Waals surface area contributed by atoms with Gasteiger partial charge in [0, 0.05) is 23.4 Å². The molecule has 7 heteroatoms. The van der Waals surface area contributed by atoms with Gasteiger partial charge < -0.3 is 16.2 Å². The van der Waals surface area contributed by atoms with Gasteiger partial charge in [-0.3, -0.25) is 14.9 Å². The van der Waals surface area contributed by atoms with Gasteiger partial charge in [-0.15, -0.1) is 0 Å². The molecule has 0 saturated carbocycles. The van der Waals surface area contributed by atoms with Crippen LogP contribution in [-0.4, -0.2) is 15.9 Å². The number of phenolic OH excluding ortho intramolecular Hbond substituents is 1. The number of anilines is 2. The third kappa shape index (κ3) is 3.09. The summed E-state index contributed by atoms with van der Waals surface area (Å²) in [6.07, 6.45) is 2.94. The summed E-state index contributed by atoms with van der Waals surface area (Å²) in [5, 5.41) is 23.4. The fraction of sp³-hybridized carbons (Fsp3) is 0. The standard InChI is InChI=1S/C17H15N3O4/c1-3-10-8-14(16(21)15(18)13(10)4-2)17(22)19-11-6-5-7-12(9-11)20(23)24/h3-9,21H,1-2,18H2,(H,19,22). The molecule has 122 valence electrons. The molecule has 2 rings (SSSR count). The van der Waals surface area contributed by atoms with Crippen LogP contribution in [0.5, 0.6) is 5.75 Å². The van der Waals surface area contributed by atoms with Crippen LogP contribution in [0.25, 0.3) is 12.2 Å². The highest BCUT2D eigenvalue weighted by molar-refractivity contribution is 6.08. The Labute approximate surface area is 137 Å². The molecule has 0 fully saturated rings. The minimum absolute atomic E-state index is 0.00610. The zero-order valence-corrected chi connectivity index (χ0v) is 12.7. The molecule has 0 atom stereocenters. The van der Waals surface area contributed by atoms with Crippen molar-refractivity contribution in [3.8, 4) is 5.75 Å². The Morgan fingerprint density at radius 1 is 1.29 bits per heavy atom. The van der Waals surface area contributed by atoms with Crippen LogP contribution in [0.1, 0.15) is 21.5 Å². The van der Waals surface area contributed by atoms with Crippen LogP contribution in [0.4, 0.5) is 17.1 Å². The number of carbonyl (C=O) groups is 1. The monoisotopic (exact) mass is 325 g/mol. The van der Waals surface area contributed by atoms with Crippen LogP contribution >= 0.6 is 0 Å². The average Bonchev–Trinajstić information content (AvgIpc) is 2.57. The summed E-state index contributed by atoms with van der Waals surface area (Å²) in [4.78, 5) is 22.6. The second-order valence-electron chi connectivity index (χ2n) is 4.86. The maximum Gasteiger partial charge on any atom is 0.271 e. The van der Waals surface area contributed by atoms with Crippen molar-refractivity contribution in [2.75, 3.05) is 11.1 Å². The number of hydrogen-bond donors (Lipinski definition) is 3. The number of nitrogens with zero attached hydrogens (tertiary/aromatic N) is 1. The molecule has 2 aromatic carbocycles. The average molecular weight is 325 g/mol. The largest absolute Gasteiger partial charge is 0.505 e. The second kappa shape index (κ2) is 6.66. The number of hydrogen-bond acceptors (Lipinski definition) is 5. The predicted molar refractivity (Wildman–Crippen MR) is 93.8 cm³/mol. The number of nitrogens with two attached hydrogens (primary N) is 1. The van der Waals surface area contributed by atoms with E-state index in [-0.39, 0.29) is 22.6 Å². The lowest BCUT2D eigenvalue weighted by molar-refractivity contribution is -0.384. The van der Waals surface area contributed by atoms with Crippen molar-refractivity contribution in [3.63, 3.8) is 0 Å². The maximum atomic E-state index is 12.4. The molecule has 1 amide bonds. The number of carbonyl (C=O) groups excluding carboxylic acids is 1. The van der Waals surface area contributed by atoms with Gasteiger partial charge in [-0.25, -0.2) is 0 Å². The van der Waals surface area contributed by atoms with Crippen LogP contribution in [0.15, 0.2) is 43.5 Å². The summed E-state index contributed by atoms with van der Waals surface area (Å²) < 4.78 is 0. The van der Waals surface area contributed by atoms with Crippen molar-refractivity contribution < 1.29 is 14.8 Å². The van der Waals surface area contributed by atoms with Crippen LogP contribution in [-0.2, 0) is 0 Å². The molecule has 0 aliphatic rings. The molecule has 0 aliphatic carbocycles. The third-order valence-corrected chi connectivity index (χ3v) is 3.39. The third-order valence-electron chi connectivity index (χ3n) is 3.39. The van der Waals surface area contributed by atoms with E-state index in [1.165, 1.54) is 42.5 Å². The summed E-state index contributed by atoms with van der Waals surface area (Å²) in [7, 11) is 0. The number of benzene rings is 2. The van der Waals surface area contributed by atoms with Gasteiger partial charge in [-0.05, 0) is 17.7 Å². The highest BCUT2D eigenvalue weighted by Gasteiger charge is 2.18. The lowest BCUT2D eigenvalue weighted by atomic mass is 9.99. The SMILES string of the molecule is C=Cc1cc(C(=O)Nc2cccc([N+](=O)[O-])c2)c(O)c(N)c1C=C. The summed E-state index contributed by atoms with van der Waals surface area (Å²) in [5.74, 6) is -1.04. The Hall–Kier alpha value is -3.61. The van der Waals surface area contributed by atoms with Gasteiger partial charge >= 0.3 is 0 Å². The molecule has 0 bridgehead atoms. The maximum absolute atomic E-state index is 12.4. The smallest absolute Gasteiger partial charge is 0.271 e. The highest BCUT2D eigenvalue weighted by Crippen LogP contribution is 2.33. The molecule has 0 aliphatic heterocycles. The minimum atomic E-state index is -0.654. The van der Waals surface area contributed by atoms with Gasteiger partial charge in [0.2, 0.25) is 0 Å². The van der Waals surface area contributed by atoms with Gasteiger partial charge in [0.05, 0.1) is 16.2 Å². The van der Waals surface area contributed by atoms with Gasteiger partial charge in [0.15, 0.2) is 5.75 Å². The number of amides is 1. The van der Waals surface area contributed by atoms with Gasteiger partial charge in [0.25, 0.3) is 11.6 Å². The first kappa shape index (κ1) is 16.8. The number of nitro benzene ring substituents is 1. The number of rotatable bonds is 5. The molecule has 2 aromatic rings. The first-order valence-corrected chi connectivity index (χ1v) is 6.85. The summed E-state index contributed by atoms with van der Waals surface area (Å²) in [5.41, 5.74) is 6.82. The Morgan fingerprint density at radius 2 is 2.00 bits per heavy atom. The number of aromatic hydroxyl groups is 1. The van der Waals surface area contributed by atoms with E-state index >= 15 is 0 Å². The van der Waals surface area contributed by atoms with Crippen LogP contribution in [0.3, 0.4) is 0 Å². The zero-order valence-electron chi connectivity index (χ0n) is 12.7. The van der Waals surface area contributed by atoms with E-state index in [0.29, 0.717) is 11.1 Å². The molecular formula is C17H15N3O4. The zero-order chi connectivity index (χ0) is 17.9. The Bertz CT molecular complexity index is 859. The molecule has 7 nitrogen and oxygen atoms in total. The normalized spacial score (nSPS) is 10.0. The number of phenols is 1. The van der Waals surface area contributed by atoms with Gasteiger partial charge in [0.1, 0.15) is 0 Å². The molecule has 4 N–H and O–H groups in total. The number of nitrogens with one attached hydrogen (secondary N) is 1. The lowest BCUT2D eigenvalue weighted by Gasteiger charge is -2.13. The van der Waals surface area contributed by atoms with E-state index in [1.54, 1.807) is 0 Å². The van der Waals surface area contributed by atoms with Crippen molar-refractivity contribution in [1.82, 2.24) is 0 Å². The molecule has 0 saturated heterocycles. The van der Waals surface area contributed by atoms with Crippen LogP contribution in [0, 0.1) is 10.1 Å². The first-order chi connectivity index (χ1) is 11.4. The fourth-order valence-electron chi connectivity index (χ4n) is 2.20. The van der Waals surface area contributed by atoms with Gasteiger partial charge in [-0.2, -0.15) is 0 Å². The van der Waals surface area contributed by atoms with Gasteiger partial charge in [-0.1, -0.05) is 31.4 Å². The van der Waals surface area contributed by atoms with Crippen molar-refractivity contribution in [2.45, 2.75) is 0 Å². The summed E-state index contributed by atoms with van der Waals surface area (Å²) in [6, 6.07) is 6.88. The Balaban J connectivity index is 2.42. The molecule has 0 radical (unpaired) electrons. The summed E-state index contributed by atoms with van der Waals surface area (Å²) >= 11 is 0. The van der Waals surface area contributed by atoms with Crippen molar-refractivity contribution >= 4 is 35.1 Å². The summed E-state index contributed by atoms with van der Waals surface area (Å²) in [6.45, 7) is 7.24. The topological polar surface area (TPSA) is 118 Å². The molecular weight excluding hydrogens is 310 g/mol. The molecule has 0 heterocycles. The van der Waals surface area contributed by atoms with E-state index in [9.17, 15) is 20.0 Å². The Kier molecular flexibility index (Phi) is 4.65. The predicted octanol–water partition coefficient (Wildman–Crippen LogP) is 3.42. The van der Waals surface area contributed by atoms with E-state index in [1.807, 2.05) is 0 Å². The number of non-ortho nitro benzene ring substituents is 1. The fourth-order valence-corrected chi connectivity index (χ4v) is 2.20. The highest BCUT2D eigenvalue weighted by atomic mass is 16.6. The Morgan fingerprint density at radius 3 is 2.58 bits per heavy atom. The van der Waals surface area contributed by atoms with E-state index in [0.717, 1.165) is 0 Å². The quantitative estimate of drug-likeness (QED) is 0.337. The van der Waals surface area contributed by atoms with Crippen molar-refractivity contribution in [1.29, 1.82) is 0 Å². The van der Waals surface area contributed by atoms with E-state index in [4.69, 9.17) is 5.73 Å². The molecule has 0 aromatic heterocycles. The number of nitrogen functional groups attached to an aromatic ring is 1. The van der Waals surface area contributed by atoms with Crippen LogP contribution < -0.4 is 11.1 Å². The first-order valence-electron chi connectivity index (χ1n) is 6.85. The minimum Gasteiger partial charge on any atom is -0.505 e. The lowest BCUT2D eigenvalue weighted by Crippen LogP contribution is -2.13. The van der Waals surface area contributed by atoms with E-state index < -0.39 is 16.6 Å². The van der Waals surface area contributed by atoms with Crippen molar-refractivity contribution in [3.05, 3.63) is 70.3 Å². The second-order valence-corrected chi connectivity index (χ2v) is 4.86. The molecule has 24 heavy (non-hydrogen) atoms. The number of nitro groups is 1. The molecule has 0 spiro atoms. The van der Waals surface area contributed by atoms with Crippen LogP contribution in [0.2, 0.25) is 0 Å². The van der Waals surface area contributed by atoms with Crippen molar-refractivity contribution in [2.24, 2.45) is 0 Å².